The molecule has 1 saturated heterocycles. The number of pyridine rings is 1. The van der Waals surface area contributed by atoms with Crippen molar-refractivity contribution in [1.29, 1.82) is 0 Å². The number of nitrogens with zero attached hydrogens (tertiary/aromatic N) is 3. The van der Waals surface area contributed by atoms with Gasteiger partial charge in [-0.15, -0.1) is 0 Å². The Bertz CT molecular complexity index is 623. The minimum Gasteiger partial charge on any atom is -0.372 e. The Kier molecular flexibility index (Phi) is 4.98. The summed E-state index contributed by atoms with van der Waals surface area (Å²) in [5.74, 6) is 0. The highest BCUT2D eigenvalue weighted by atomic mass is 32.2. The van der Waals surface area contributed by atoms with Crippen LogP contribution in [0.4, 0.5) is 0 Å². The molecular weight excluding hydrogens is 318 g/mol. The number of hydrogen-bond acceptors (Lipinski definition) is 5. The van der Waals surface area contributed by atoms with E-state index in [1.807, 2.05) is 12.1 Å². The summed E-state index contributed by atoms with van der Waals surface area (Å²) in [6, 6.07) is 3.69. The molecule has 1 aliphatic carbocycles. The Labute approximate surface area is 137 Å². The number of morpholine rings is 1. The lowest BCUT2D eigenvalue weighted by molar-refractivity contribution is -0.101. The molecule has 0 aromatic carbocycles. The predicted octanol–water partition coefficient (Wildman–Crippen LogP) is 0.636. The Balaban J connectivity index is 1.67. The van der Waals surface area contributed by atoms with Gasteiger partial charge in [-0.05, 0) is 24.5 Å². The van der Waals surface area contributed by atoms with Crippen LogP contribution in [0.5, 0.6) is 0 Å². The summed E-state index contributed by atoms with van der Waals surface area (Å²) in [5, 5.41) is 0. The van der Waals surface area contributed by atoms with Gasteiger partial charge in [0.25, 0.3) is 10.2 Å². The van der Waals surface area contributed by atoms with Gasteiger partial charge in [0.2, 0.25) is 0 Å². The molecule has 0 amide bonds. The Morgan fingerprint density at radius 1 is 1.43 bits per heavy atom. The molecule has 2 aliphatic rings. The monoisotopic (exact) mass is 341 g/mol. The number of fused-ring (bicyclic) bond motifs is 1. The van der Waals surface area contributed by atoms with Crippen molar-refractivity contribution in [2.45, 2.75) is 37.7 Å². The lowest BCUT2D eigenvalue weighted by atomic mass is 10.1. The van der Waals surface area contributed by atoms with Crippen LogP contribution in [0, 0.1) is 0 Å². The van der Waals surface area contributed by atoms with Crippen LogP contribution in [0.1, 0.15) is 18.4 Å². The number of aromatic nitrogens is 1. The summed E-state index contributed by atoms with van der Waals surface area (Å²) in [4.78, 5) is 4.07. The van der Waals surface area contributed by atoms with E-state index in [2.05, 4.69) is 4.98 Å². The standard InChI is InChI=1S/C15H23N3O4S/c1-17(2)23(19,20)18-8-9-21-15-13(18)5-6-14(15)22-11-12-4-3-7-16-10-12/h3-4,7,10,13-15H,5-6,8-9,11H2,1-2H3/t13-,14-,15+/m0/s1. The first-order valence-electron chi connectivity index (χ1n) is 7.81. The lowest BCUT2D eigenvalue weighted by Crippen LogP contribution is -2.56. The molecule has 8 heteroatoms. The molecule has 1 aromatic rings. The first kappa shape index (κ1) is 16.8. The minimum absolute atomic E-state index is 0.0830. The van der Waals surface area contributed by atoms with Gasteiger partial charge >= 0.3 is 0 Å². The van der Waals surface area contributed by atoms with Gasteiger partial charge in [-0.25, -0.2) is 0 Å². The zero-order valence-corrected chi connectivity index (χ0v) is 14.3. The lowest BCUT2D eigenvalue weighted by Gasteiger charge is -2.39. The predicted molar refractivity (Wildman–Crippen MR) is 84.9 cm³/mol. The molecule has 0 bridgehead atoms. The third-order valence-corrected chi connectivity index (χ3v) is 6.40. The summed E-state index contributed by atoms with van der Waals surface area (Å²) < 4.78 is 39.6. The van der Waals surface area contributed by atoms with Crippen molar-refractivity contribution in [3.8, 4) is 0 Å². The topological polar surface area (TPSA) is 72.0 Å². The number of ether oxygens (including phenoxy) is 2. The van der Waals surface area contributed by atoms with Crippen LogP contribution in [0.25, 0.3) is 0 Å². The molecule has 3 atom stereocenters. The van der Waals surface area contributed by atoms with E-state index >= 15 is 0 Å². The minimum atomic E-state index is -3.42. The van der Waals surface area contributed by atoms with Gasteiger partial charge in [-0.2, -0.15) is 17.0 Å². The Hall–Kier alpha value is -1.06. The average Bonchev–Trinajstić information content (AvgIpc) is 2.96. The van der Waals surface area contributed by atoms with Crippen molar-refractivity contribution in [3.05, 3.63) is 30.1 Å². The van der Waals surface area contributed by atoms with Crippen molar-refractivity contribution in [3.63, 3.8) is 0 Å². The maximum atomic E-state index is 12.5. The van der Waals surface area contributed by atoms with Gasteiger partial charge in [0.05, 0.1) is 25.4 Å². The SMILES string of the molecule is CN(C)S(=O)(=O)N1CCO[C@H]2[C@@H](OCc3cccnc3)CC[C@@H]21. The highest BCUT2D eigenvalue weighted by molar-refractivity contribution is 7.86. The largest absolute Gasteiger partial charge is 0.372 e. The Morgan fingerprint density at radius 2 is 2.26 bits per heavy atom. The summed E-state index contributed by atoms with van der Waals surface area (Å²) >= 11 is 0. The third-order valence-electron chi connectivity index (χ3n) is 4.43. The number of rotatable bonds is 5. The quantitative estimate of drug-likeness (QED) is 0.786. The summed E-state index contributed by atoms with van der Waals surface area (Å²) in [7, 11) is -0.302. The highest BCUT2D eigenvalue weighted by Crippen LogP contribution is 2.34. The van der Waals surface area contributed by atoms with Crippen LogP contribution < -0.4 is 0 Å². The molecule has 23 heavy (non-hydrogen) atoms. The summed E-state index contributed by atoms with van der Waals surface area (Å²) in [6.45, 7) is 1.27. The zero-order chi connectivity index (χ0) is 16.4. The van der Waals surface area contributed by atoms with Gasteiger partial charge in [-0.3, -0.25) is 4.98 Å². The van der Waals surface area contributed by atoms with Crippen LogP contribution in [0.15, 0.2) is 24.5 Å². The van der Waals surface area contributed by atoms with Crippen LogP contribution >= 0.6 is 0 Å². The first-order valence-corrected chi connectivity index (χ1v) is 9.21. The van der Waals surface area contributed by atoms with Gasteiger partial charge in [-0.1, -0.05) is 6.07 Å². The van der Waals surface area contributed by atoms with Gasteiger partial charge in [0, 0.05) is 33.0 Å². The van der Waals surface area contributed by atoms with Crippen molar-refractivity contribution < 1.29 is 17.9 Å². The molecule has 0 radical (unpaired) electrons. The van der Waals surface area contributed by atoms with E-state index in [1.54, 1.807) is 30.8 Å². The molecule has 0 N–H and O–H groups in total. The zero-order valence-electron chi connectivity index (χ0n) is 13.5. The molecule has 1 aliphatic heterocycles. The van der Waals surface area contributed by atoms with Crippen molar-refractivity contribution in [2.75, 3.05) is 27.2 Å². The molecular formula is C15H23N3O4S. The molecule has 3 rings (SSSR count). The molecule has 1 saturated carbocycles. The molecule has 7 nitrogen and oxygen atoms in total. The van der Waals surface area contributed by atoms with E-state index < -0.39 is 10.2 Å². The van der Waals surface area contributed by atoms with Gasteiger partial charge in [0.1, 0.15) is 6.10 Å². The first-order chi connectivity index (χ1) is 11.0. The van der Waals surface area contributed by atoms with E-state index in [-0.39, 0.29) is 18.2 Å². The fourth-order valence-corrected chi connectivity index (χ4v) is 4.54. The van der Waals surface area contributed by atoms with Crippen molar-refractivity contribution >= 4 is 10.2 Å². The second-order valence-electron chi connectivity index (χ2n) is 6.09. The van der Waals surface area contributed by atoms with Crippen LogP contribution in [-0.4, -0.2) is 67.5 Å². The normalized spacial score (nSPS) is 28.9. The maximum Gasteiger partial charge on any atom is 0.281 e. The average molecular weight is 341 g/mol. The summed E-state index contributed by atoms with van der Waals surface area (Å²) in [5.41, 5.74) is 1.00. The fraction of sp³-hybridized carbons (Fsp3) is 0.667. The van der Waals surface area contributed by atoms with E-state index in [0.29, 0.717) is 19.8 Å². The molecule has 1 aromatic heterocycles. The van der Waals surface area contributed by atoms with E-state index in [9.17, 15) is 8.42 Å². The van der Waals surface area contributed by atoms with Gasteiger partial charge in [0.15, 0.2) is 0 Å². The van der Waals surface area contributed by atoms with Crippen LogP contribution in [0.3, 0.4) is 0 Å². The van der Waals surface area contributed by atoms with Crippen molar-refractivity contribution in [2.24, 2.45) is 0 Å². The van der Waals surface area contributed by atoms with Crippen molar-refractivity contribution in [1.82, 2.24) is 13.6 Å². The second-order valence-corrected chi connectivity index (χ2v) is 8.19. The van der Waals surface area contributed by atoms with Crippen LogP contribution in [-0.2, 0) is 26.3 Å². The van der Waals surface area contributed by atoms with Gasteiger partial charge < -0.3 is 9.47 Å². The Morgan fingerprint density at radius 3 is 2.96 bits per heavy atom. The molecule has 128 valence electrons. The maximum absolute atomic E-state index is 12.5. The highest BCUT2D eigenvalue weighted by Gasteiger charge is 2.47. The fourth-order valence-electron chi connectivity index (χ4n) is 3.24. The molecule has 0 unspecified atom stereocenters. The molecule has 2 heterocycles. The van der Waals surface area contributed by atoms with Crippen LogP contribution in [0.2, 0.25) is 0 Å². The summed E-state index contributed by atoms with van der Waals surface area (Å²) in [6.07, 6.45) is 4.78. The second kappa shape index (κ2) is 6.82. The smallest absolute Gasteiger partial charge is 0.281 e. The van der Waals surface area contributed by atoms with E-state index in [1.165, 1.54) is 4.31 Å². The third kappa shape index (κ3) is 3.41. The molecule has 0 spiro atoms. The van der Waals surface area contributed by atoms with E-state index in [0.717, 1.165) is 18.4 Å². The molecule has 2 fully saturated rings. The number of hydrogen-bond donors (Lipinski definition) is 0. The van der Waals surface area contributed by atoms with E-state index in [4.69, 9.17) is 9.47 Å².